The van der Waals surface area contributed by atoms with Gasteiger partial charge < -0.3 is 14.6 Å². The Hall–Kier alpha value is -2.01. The second-order valence-corrected chi connectivity index (χ2v) is 4.50. The number of aliphatic hydroxyl groups excluding tert-OH is 1. The van der Waals surface area contributed by atoms with Gasteiger partial charge in [-0.3, -0.25) is 4.68 Å². The van der Waals surface area contributed by atoms with E-state index in [9.17, 15) is 5.11 Å². The first kappa shape index (κ1) is 14.4. The summed E-state index contributed by atoms with van der Waals surface area (Å²) < 4.78 is 12.9. The predicted molar refractivity (Wildman–Crippen MR) is 75.8 cm³/mol. The van der Waals surface area contributed by atoms with Crippen molar-refractivity contribution in [3.63, 3.8) is 0 Å². The lowest BCUT2D eigenvalue weighted by molar-refractivity contribution is 0.246. The number of aryl methyl sites for hydroxylation is 2. The first-order valence-corrected chi connectivity index (χ1v) is 6.60. The van der Waals surface area contributed by atoms with Crippen LogP contribution in [0.3, 0.4) is 0 Å². The summed E-state index contributed by atoms with van der Waals surface area (Å²) in [5, 5.41) is 13.8. The first-order valence-electron chi connectivity index (χ1n) is 6.60. The Bertz CT molecular complexity index is 556. The van der Waals surface area contributed by atoms with Crippen LogP contribution in [0.5, 0.6) is 11.5 Å². The highest BCUT2D eigenvalue weighted by atomic mass is 16.5. The van der Waals surface area contributed by atoms with E-state index in [1.54, 1.807) is 7.11 Å². The second kappa shape index (κ2) is 6.43. The van der Waals surface area contributed by atoms with Gasteiger partial charge in [-0.15, -0.1) is 0 Å². The highest BCUT2D eigenvalue weighted by Gasteiger charge is 2.11. The Labute approximate surface area is 118 Å². The van der Waals surface area contributed by atoms with Crippen LogP contribution in [0.25, 0.3) is 0 Å². The molecule has 0 aliphatic rings. The zero-order chi connectivity index (χ0) is 14.5. The van der Waals surface area contributed by atoms with E-state index in [0.717, 1.165) is 17.8 Å². The van der Waals surface area contributed by atoms with Gasteiger partial charge in [-0.05, 0) is 18.6 Å². The van der Waals surface area contributed by atoms with Crippen molar-refractivity contribution in [3.8, 4) is 11.5 Å². The summed E-state index contributed by atoms with van der Waals surface area (Å²) in [5.41, 5.74) is 2.73. The van der Waals surface area contributed by atoms with Gasteiger partial charge in [0.2, 0.25) is 0 Å². The van der Waals surface area contributed by atoms with Crippen molar-refractivity contribution in [2.75, 3.05) is 7.11 Å². The molecule has 2 rings (SSSR count). The van der Waals surface area contributed by atoms with Crippen LogP contribution in [0.4, 0.5) is 0 Å². The fourth-order valence-corrected chi connectivity index (χ4v) is 2.04. The van der Waals surface area contributed by atoms with Gasteiger partial charge in [0.1, 0.15) is 6.61 Å². The van der Waals surface area contributed by atoms with E-state index < -0.39 is 0 Å². The number of nitrogens with zero attached hydrogens (tertiary/aromatic N) is 2. The number of aromatic nitrogens is 2. The van der Waals surface area contributed by atoms with Crippen LogP contribution in [0.15, 0.2) is 24.3 Å². The molecular weight excluding hydrogens is 256 g/mol. The second-order valence-electron chi connectivity index (χ2n) is 4.50. The molecule has 1 N–H and O–H groups in total. The van der Waals surface area contributed by atoms with E-state index >= 15 is 0 Å². The third kappa shape index (κ3) is 2.93. The van der Waals surface area contributed by atoms with Crippen molar-refractivity contribution >= 4 is 0 Å². The fraction of sp³-hybridized carbons (Fsp3) is 0.400. The third-order valence-electron chi connectivity index (χ3n) is 3.20. The molecule has 1 heterocycles. The molecule has 0 radical (unpaired) electrons. The molecule has 5 heteroatoms. The standard InChI is InChI=1S/C15H20N2O3/c1-4-12-8-13(17(2)16-12)10-20-15-11(9-18)6-5-7-14(15)19-3/h5-8,18H,4,9-10H2,1-3H3. The Balaban J connectivity index is 2.19. The molecule has 0 spiro atoms. The van der Waals surface area contributed by atoms with Gasteiger partial charge in [-0.2, -0.15) is 5.10 Å². The molecule has 0 saturated heterocycles. The summed E-state index contributed by atoms with van der Waals surface area (Å²) in [5.74, 6) is 1.20. The summed E-state index contributed by atoms with van der Waals surface area (Å²) in [6.07, 6.45) is 0.893. The van der Waals surface area contributed by atoms with Gasteiger partial charge >= 0.3 is 0 Å². The molecule has 0 atom stereocenters. The summed E-state index contributed by atoms with van der Waals surface area (Å²) in [6, 6.07) is 7.48. The average Bonchev–Trinajstić information content (AvgIpc) is 2.85. The zero-order valence-corrected chi connectivity index (χ0v) is 12.1. The summed E-state index contributed by atoms with van der Waals surface area (Å²) >= 11 is 0. The van der Waals surface area contributed by atoms with E-state index in [1.807, 2.05) is 36.0 Å². The van der Waals surface area contributed by atoms with Gasteiger partial charge in [0.05, 0.1) is 25.1 Å². The van der Waals surface area contributed by atoms with Crippen molar-refractivity contribution in [2.24, 2.45) is 7.05 Å². The Morgan fingerprint density at radius 2 is 2.15 bits per heavy atom. The molecule has 0 amide bonds. The van der Waals surface area contributed by atoms with Crippen LogP contribution >= 0.6 is 0 Å². The third-order valence-corrected chi connectivity index (χ3v) is 3.20. The molecule has 0 fully saturated rings. The van der Waals surface area contributed by atoms with Crippen molar-refractivity contribution in [3.05, 3.63) is 41.2 Å². The SMILES string of the molecule is CCc1cc(COc2c(CO)cccc2OC)n(C)n1. The molecule has 20 heavy (non-hydrogen) atoms. The first-order chi connectivity index (χ1) is 9.69. The summed E-state index contributed by atoms with van der Waals surface area (Å²) in [6.45, 7) is 2.37. The molecule has 2 aromatic rings. The van der Waals surface area contributed by atoms with Crippen LogP contribution in [-0.4, -0.2) is 22.0 Å². The topological polar surface area (TPSA) is 56.5 Å². The molecule has 1 aromatic heterocycles. The van der Waals surface area contributed by atoms with Crippen LogP contribution in [0.2, 0.25) is 0 Å². The number of ether oxygens (including phenoxy) is 2. The maximum absolute atomic E-state index is 9.38. The van der Waals surface area contributed by atoms with Crippen molar-refractivity contribution in [1.29, 1.82) is 0 Å². The van der Waals surface area contributed by atoms with Crippen LogP contribution in [0.1, 0.15) is 23.9 Å². The maximum atomic E-state index is 9.38. The Morgan fingerprint density at radius 1 is 1.35 bits per heavy atom. The molecule has 0 saturated carbocycles. The van der Waals surface area contributed by atoms with Gasteiger partial charge in [0.25, 0.3) is 0 Å². The van der Waals surface area contributed by atoms with E-state index in [2.05, 4.69) is 12.0 Å². The van der Waals surface area contributed by atoms with Crippen LogP contribution in [-0.2, 0) is 26.7 Å². The minimum atomic E-state index is -0.0852. The highest BCUT2D eigenvalue weighted by molar-refractivity contribution is 5.46. The summed E-state index contributed by atoms with van der Waals surface area (Å²) in [7, 11) is 3.48. The van der Waals surface area contributed by atoms with Gasteiger partial charge in [-0.1, -0.05) is 19.1 Å². The molecule has 1 aromatic carbocycles. The molecule has 0 unspecified atom stereocenters. The van der Waals surface area contributed by atoms with Gasteiger partial charge in [-0.25, -0.2) is 0 Å². The van der Waals surface area contributed by atoms with E-state index in [-0.39, 0.29) is 6.61 Å². The van der Waals surface area contributed by atoms with Crippen LogP contribution in [0, 0.1) is 0 Å². The Morgan fingerprint density at radius 3 is 2.75 bits per heavy atom. The average molecular weight is 276 g/mol. The fourth-order valence-electron chi connectivity index (χ4n) is 2.04. The molecular formula is C15H20N2O3. The number of hydrogen-bond acceptors (Lipinski definition) is 4. The smallest absolute Gasteiger partial charge is 0.167 e. The van der Waals surface area contributed by atoms with Crippen molar-refractivity contribution < 1.29 is 14.6 Å². The van der Waals surface area contributed by atoms with E-state index in [1.165, 1.54) is 0 Å². The maximum Gasteiger partial charge on any atom is 0.167 e. The zero-order valence-electron chi connectivity index (χ0n) is 12.1. The quantitative estimate of drug-likeness (QED) is 0.877. The monoisotopic (exact) mass is 276 g/mol. The van der Waals surface area contributed by atoms with Gasteiger partial charge in [0, 0.05) is 12.6 Å². The molecule has 0 aliphatic heterocycles. The lowest BCUT2D eigenvalue weighted by Crippen LogP contribution is -2.05. The lowest BCUT2D eigenvalue weighted by atomic mass is 10.2. The molecule has 108 valence electrons. The number of methoxy groups -OCH3 is 1. The number of benzene rings is 1. The minimum absolute atomic E-state index is 0.0852. The molecule has 0 bridgehead atoms. The minimum Gasteiger partial charge on any atom is -0.493 e. The normalized spacial score (nSPS) is 10.6. The Kier molecular flexibility index (Phi) is 4.63. The molecule has 0 aliphatic carbocycles. The lowest BCUT2D eigenvalue weighted by Gasteiger charge is -2.13. The largest absolute Gasteiger partial charge is 0.493 e. The van der Waals surface area contributed by atoms with Crippen molar-refractivity contribution in [2.45, 2.75) is 26.6 Å². The molecule has 5 nitrogen and oxygen atoms in total. The predicted octanol–water partition coefficient (Wildman–Crippen LogP) is 2.06. The van der Waals surface area contributed by atoms with E-state index in [4.69, 9.17) is 9.47 Å². The number of hydrogen-bond donors (Lipinski definition) is 1. The van der Waals surface area contributed by atoms with E-state index in [0.29, 0.717) is 23.7 Å². The number of para-hydroxylation sites is 1. The number of aliphatic hydroxyl groups is 1. The summed E-state index contributed by atoms with van der Waals surface area (Å²) in [4.78, 5) is 0. The van der Waals surface area contributed by atoms with Crippen LogP contribution < -0.4 is 9.47 Å². The highest BCUT2D eigenvalue weighted by Crippen LogP contribution is 2.31. The van der Waals surface area contributed by atoms with Crippen molar-refractivity contribution in [1.82, 2.24) is 9.78 Å². The van der Waals surface area contributed by atoms with Gasteiger partial charge in [0.15, 0.2) is 11.5 Å². The number of rotatable bonds is 6.